The Morgan fingerprint density at radius 3 is 2.12 bits per heavy atom. The van der Waals surface area contributed by atoms with E-state index in [1.54, 1.807) is 18.2 Å². The quantitative estimate of drug-likeness (QED) is 0.517. The minimum atomic E-state index is -1.07. The summed E-state index contributed by atoms with van der Waals surface area (Å²) in [5.41, 5.74) is 4.96. The van der Waals surface area contributed by atoms with Crippen LogP contribution >= 0.6 is 0 Å². The standard InChI is InChI=1S/C26H25NO6/c1-31-23-13-7-12-20(25(23)32-2)22(14-24(28)29)27-26(30)33-15-21-18-10-5-3-8-16(18)17-9-4-6-11-19(17)21/h3-13,21-22H,14-15H2,1-2H3,(H,27,30)(H,28,29)/t22-/m1/s1. The second-order valence-corrected chi connectivity index (χ2v) is 7.70. The van der Waals surface area contributed by atoms with Gasteiger partial charge in [-0.15, -0.1) is 0 Å². The number of para-hydroxylation sites is 1. The van der Waals surface area contributed by atoms with Crippen molar-refractivity contribution in [3.05, 3.63) is 83.4 Å². The van der Waals surface area contributed by atoms with E-state index < -0.39 is 18.1 Å². The Labute approximate surface area is 191 Å². The molecule has 4 rings (SSSR count). The molecule has 1 aliphatic rings. The van der Waals surface area contributed by atoms with Gasteiger partial charge in [0.1, 0.15) is 6.61 Å². The largest absolute Gasteiger partial charge is 0.493 e. The van der Waals surface area contributed by atoms with Gasteiger partial charge in [-0.3, -0.25) is 4.79 Å². The zero-order valence-electron chi connectivity index (χ0n) is 18.4. The molecule has 2 N–H and O–H groups in total. The molecule has 0 unspecified atom stereocenters. The molecule has 0 aliphatic heterocycles. The van der Waals surface area contributed by atoms with Gasteiger partial charge in [-0.05, 0) is 28.3 Å². The summed E-state index contributed by atoms with van der Waals surface area (Å²) in [4.78, 5) is 24.2. The van der Waals surface area contributed by atoms with Gasteiger partial charge in [-0.25, -0.2) is 4.79 Å². The molecule has 0 fully saturated rings. The predicted octanol–water partition coefficient (Wildman–Crippen LogP) is 4.76. The van der Waals surface area contributed by atoms with Gasteiger partial charge in [0.15, 0.2) is 11.5 Å². The van der Waals surface area contributed by atoms with Crippen LogP contribution in [0.2, 0.25) is 0 Å². The molecule has 0 saturated carbocycles. The number of amides is 1. The Hall–Kier alpha value is -4.00. The first-order valence-corrected chi connectivity index (χ1v) is 10.6. The highest BCUT2D eigenvalue weighted by Gasteiger charge is 2.30. The third-order valence-corrected chi connectivity index (χ3v) is 5.82. The lowest BCUT2D eigenvalue weighted by Gasteiger charge is -2.22. The van der Waals surface area contributed by atoms with Crippen molar-refractivity contribution in [1.82, 2.24) is 5.32 Å². The fourth-order valence-corrected chi connectivity index (χ4v) is 4.38. The summed E-state index contributed by atoms with van der Waals surface area (Å²) in [7, 11) is 2.96. The van der Waals surface area contributed by atoms with Crippen LogP contribution in [-0.2, 0) is 9.53 Å². The minimum absolute atomic E-state index is 0.0903. The first kappa shape index (κ1) is 22.2. The van der Waals surface area contributed by atoms with Crippen LogP contribution < -0.4 is 14.8 Å². The van der Waals surface area contributed by atoms with E-state index in [1.807, 2.05) is 36.4 Å². The molecule has 7 heteroatoms. The molecule has 1 aliphatic carbocycles. The normalized spacial score (nSPS) is 12.9. The van der Waals surface area contributed by atoms with Gasteiger partial charge in [0.25, 0.3) is 0 Å². The average molecular weight is 447 g/mol. The lowest BCUT2D eigenvalue weighted by atomic mass is 9.98. The van der Waals surface area contributed by atoms with E-state index in [4.69, 9.17) is 14.2 Å². The molecule has 0 bridgehead atoms. The smallest absolute Gasteiger partial charge is 0.407 e. The number of carboxylic acid groups (broad SMARTS) is 1. The minimum Gasteiger partial charge on any atom is -0.493 e. The summed E-state index contributed by atoms with van der Waals surface area (Å²) in [5.74, 6) is -0.346. The number of carboxylic acids is 1. The van der Waals surface area contributed by atoms with Crippen LogP contribution in [0.5, 0.6) is 11.5 Å². The number of aliphatic carboxylic acids is 1. The number of carbonyl (C=O) groups excluding carboxylic acids is 1. The van der Waals surface area contributed by atoms with Crippen LogP contribution in [0.25, 0.3) is 11.1 Å². The molecular formula is C26H25NO6. The number of rotatable bonds is 8. The highest BCUT2D eigenvalue weighted by atomic mass is 16.5. The van der Waals surface area contributed by atoms with Crippen LogP contribution in [0.15, 0.2) is 66.7 Å². The summed E-state index contributed by atoms with van der Waals surface area (Å²) in [5, 5.41) is 12.1. The Morgan fingerprint density at radius 1 is 0.909 bits per heavy atom. The number of hydrogen-bond acceptors (Lipinski definition) is 5. The molecule has 0 heterocycles. The van der Waals surface area contributed by atoms with Gasteiger partial charge in [-0.1, -0.05) is 60.7 Å². The van der Waals surface area contributed by atoms with Crippen molar-refractivity contribution < 1.29 is 28.9 Å². The van der Waals surface area contributed by atoms with Crippen molar-refractivity contribution in [3.8, 4) is 22.6 Å². The van der Waals surface area contributed by atoms with Crippen LogP contribution in [0.4, 0.5) is 4.79 Å². The second kappa shape index (κ2) is 9.65. The highest BCUT2D eigenvalue weighted by molar-refractivity contribution is 5.79. The summed E-state index contributed by atoms with van der Waals surface area (Å²) in [6, 6.07) is 20.4. The first-order valence-electron chi connectivity index (χ1n) is 10.6. The number of ether oxygens (including phenoxy) is 3. The van der Waals surface area contributed by atoms with Crippen LogP contribution in [0.3, 0.4) is 0 Å². The van der Waals surface area contributed by atoms with Crippen LogP contribution in [0.1, 0.15) is 35.1 Å². The fourth-order valence-electron chi connectivity index (χ4n) is 4.38. The van der Waals surface area contributed by atoms with E-state index >= 15 is 0 Å². The molecule has 0 radical (unpaired) electrons. The molecular weight excluding hydrogens is 422 g/mol. The van der Waals surface area contributed by atoms with Crippen molar-refractivity contribution in [2.24, 2.45) is 0 Å². The SMILES string of the molecule is COc1cccc([C@@H](CC(=O)O)NC(=O)OCC2c3ccccc3-c3ccccc32)c1OC. The second-order valence-electron chi connectivity index (χ2n) is 7.70. The Kier molecular flexibility index (Phi) is 6.49. The highest BCUT2D eigenvalue weighted by Crippen LogP contribution is 2.44. The fraction of sp³-hybridized carbons (Fsp3) is 0.231. The monoisotopic (exact) mass is 447 g/mol. The summed E-state index contributed by atoms with van der Waals surface area (Å²) in [6.45, 7) is 0.134. The van der Waals surface area contributed by atoms with Crippen LogP contribution in [-0.4, -0.2) is 38.0 Å². The van der Waals surface area contributed by atoms with Gasteiger partial charge in [-0.2, -0.15) is 0 Å². The molecule has 1 atom stereocenters. The first-order chi connectivity index (χ1) is 16.0. The van der Waals surface area contributed by atoms with Gasteiger partial charge < -0.3 is 24.6 Å². The van der Waals surface area contributed by atoms with Gasteiger partial charge >= 0.3 is 12.1 Å². The van der Waals surface area contributed by atoms with E-state index in [2.05, 4.69) is 17.4 Å². The summed E-state index contributed by atoms with van der Waals surface area (Å²) in [6.07, 6.45) is -1.04. The van der Waals surface area contributed by atoms with Gasteiger partial charge in [0.2, 0.25) is 0 Å². The van der Waals surface area contributed by atoms with E-state index in [1.165, 1.54) is 14.2 Å². The molecule has 0 spiro atoms. The topological polar surface area (TPSA) is 94.1 Å². The van der Waals surface area contributed by atoms with Crippen molar-refractivity contribution in [1.29, 1.82) is 0 Å². The average Bonchev–Trinajstić information content (AvgIpc) is 3.15. The van der Waals surface area contributed by atoms with Gasteiger partial charge in [0, 0.05) is 11.5 Å². The molecule has 0 aromatic heterocycles. The number of fused-ring (bicyclic) bond motifs is 3. The Bertz CT molecular complexity index is 1130. The predicted molar refractivity (Wildman–Crippen MR) is 123 cm³/mol. The van der Waals surface area contributed by atoms with Crippen molar-refractivity contribution >= 4 is 12.1 Å². The van der Waals surface area contributed by atoms with Crippen molar-refractivity contribution in [3.63, 3.8) is 0 Å². The molecule has 170 valence electrons. The number of methoxy groups -OCH3 is 2. The lowest BCUT2D eigenvalue weighted by Crippen LogP contribution is -2.32. The maximum absolute atomic E-state index is 12.7. The maximum atomic E-state index is 12.7. The number of nitrogens with one attached hydrogen (secondary N) is 1. The van der Waals surface area contributed by atoms with E-state index in [-0.39, 0.29) is 18.9 Å². The molecule has 33 heavy (non-hydrogen) atoms. The molecule has 0 saturated heterocycles. The zero-order valence-corrected chi connectivity index (χ0v) is 18.4. The number of benzene rings is 3. The molecule has 7 nitrogen and oxygen atoms in total. The zero-order chi connectivity index (χ0) is 23.4. The molecule has 3 aromatic carbocycles. The summed E-state index contributed by atoms with van der Waals surface area (Å²) < 4.78 is 16.3. The van der Waals surface area contributed by atoms with Gasteiger partial charge in [0.05, 0.1) is 26.7 Å². The van der Waals surface area contributed by atoms with Crippen LogP contribution in [0, 0.1) is 0 Å². The Morgan fingerprint density at radius 2 is 1.55 bits per heavy atom. The molecule has 3 aromatic rings. The lowest BCUT2D eigenvalue weighted by molar-refractivity contribution is -0.137. The number of carbonyl (C=O) groups is 2. The Balaban J connectivity index is 1.52. The number of alkyl carbamates (subject to hydrolysis) is 1. The van der Waals surface area contributed by atoms with E-state index in [9.17, 15) is 14.7 Å². The third-order valence-electron chi connectivity index (χ3n) is 5.82. The summed E-state index contributed by atoms with van der Waals surface area (Å²) >= 11 is 0. The van der Waals surface area contributed by atoms with E-state index in [0.717, 1.165) is 22.3 Å². The van der Waals surface area contributed by atoms with E-state index in [0.29, 0.717) is 17.1 Å². The van der Waals surface area contributed by atoms with Crippen molar-refractivity contribution in [2.45, 2.75) is 18.4 Å². The molecule has 1 amide bonds. The maximum Gasteiger partial charge on any atom is 0.407 e. The van der Waals surface area contributed by atoms with Crippen molar-refractivity contribution in [2.75, 3.05) is 20.8 Å². The third kappa shape index (κ3) is 4.48. The number of hydrogen-bond donors (Lipinski definition) is 2.